The molecule has 0 radical (unpaired) electrons. The van der Waals surface area contributed by atoms with Crippen molar-refractivity contribution >= 4 is 22.3 Å². The van der Waals surface area contributed by atoms with E-state index in [1.807, 2.05) is 35.2 Å². The standard InChI is InChI=1S/C45H66N2O8Si/c1-32(2)44(33(3)4)45(34(5)6,54-31-37-17-20-40-39(27-37)46(22-24-52-40)21-12-23-49-7)42(38-18-15-36(16-19-38)29-51-26-25-50-8)41(55-56)28-47(44)43(48)53-30-35-13-10-9-11-14-35/h9-11,13-20,27,32-34,41-42H,12,21-26,28-31H2,1-8,56H3/t41-,42-,45-/m1/s1. The highest BCUT2D eigenvalue weighted by atomic mass is 28.2. The fourth-order valence-corrected chi connectivity index (χ4v) is 10.1. The first-order valence-corrected chi connectivity index (χ1v) is 21.2. The third kappa shape index (κ3) is 9.14. The van der Waals surface area contributed by atoms with E-state index in [1.54, 1.807) is 14.2 Å². The SMILES string of the molecule is COCCCN1CCOc2ccc(CO[C@]3(C(C)C)[C@H](c4ccc(COCCOC)cc4)[C@H](O[SiH3])CN(C(=O)OCc4ccccc4)C3(C(C)C)C(C)C)cc21. The Balaban J connectivity index is 1.62. The highest BCUT2D eigenvalue weighted by Gasteiger charge is 2.70. The van der Waals surface area contributed by atoms with Crippen molar-refractivity contribution in [2.24, 2.45) is 17.8 Å². The largest absolute Gasteiger partial charge is 0.490 e. The van der Waals surface area contributed by atoms with Crippen LogP contribution in [0.5, 0.6) is 5.75 Å². The molecule has 1 amide bonds. The van der Waals surface area contributed by atoms with Gasteiger partial charge < -0.3 is 37.7 Å². The van der Waals surface area contributed by atoms with E-state index in [1.165, 1.54) is 0 Å². The summed E-state index contributed by atoms with van der Waals surface area (Å²) in [6.07, 6.45) is 0.236. The molecular formula is C45H66N2O8Si. The molecule has 0 spiro atoms. The van der Waals surface area contributed by atoms with Crippen molar-refractivity contribution in [1.82, 2.24) is 4.90 Å². The normalized spacial score (nSPS) is 20.8. The molecular weight excluding hydrogens is 725 g/mol. The lowest BCUT2D eigenvalue weighted by Crippen LogP contribution is -2.80. The Morgan fingerprint density at radius 2 is 1.50 bits per heavy atom. The van der Waals surface area contributed by atoms with Gasteiger partial charge in [-0.25, -0.2) is 4.79 Å². The predicted molar refractivity (Wildman–Crippen MR) is 224 cm³/mol. The van der Waals surface area contributed by atoms with Crippen LogP contribution in [0.2, 0.25) is 0 Å². The third-order valence-corrected chi connectivity index (χ3v) is 12.5. The lowest BCUT2D eigenvalue weighted by Gasteiger charge is -2.68. The van der Waals surface area contributed by atoms with Gasteiger partial charge in [0.15, 0.2) is 0 Å². The number of hydrogen-bond acceptors (Lipinski definition) is 9. The zero-order valence-electron chi connectivity index (χ0n) is 35.3. The van der Waals surface area contributed by atoms with Crippen LogP contribution in [-0.4, -0.2) is 99.0 Å². The van der Waals surface area contributed by atoms with Crippen LogP contribution in [0.25, 0.3) is 0 Å². The maximum atomic E-state index is 14.7. The quantitative estimate of drug-likeness (QED) is 0.0929. The monoisotopic (exact) mass is 790 g/mol. The van der Waals surface area contributed by atoms with E-state index in [0.29, 0.717) is 56.7 Å². The molecule has 3 aromatic rings. The van der Waals surface area contributed by atoms with Crippen molar-refractivity contribution in [3.63, 3.8) is 0 Å². The number of methoxy groups -OCH3 is 2. The van der Waals surface area contributed by atoms with Crippen LogP contribution >= 0.6 is 0 Å². The second-order valence-electron chi connectivity index (χ2n) is 16.0. The maximum Gasteiger partial charge on any atom is 0.410 e. The van der Waals surface area contributed by atoms with Crippen molar-refractivity contribution < 1.29 is 37.6 Å². The molecule has 10 nitrogen and oxygen atoms in total. The molecule has 3 aromatic carbocycles. The van der Waals surface area contributed by atoms with Crippen molar-refractivity contribution in [2.45, 2.75) is 90.9 Å². The number of benzene rings is 3. The van der Waals surface area contributed by atoms with Crippen molar-refractivity contribution in [2.75, 3.05) is 65.2 Å². The number of hydrogen-bond donors (Lipinski definition) is 0. The van der Waals surface area contributed by atoms with Gasteiger partial charge in [-0.15, -0.1) is 0 Å². The first-order chi connectivity index (χ1) is 27.0. The molecule has 2 aliphatic rings. The van der Waals surface area contributed by atoms with E-state index >= 15 is 0 Å². The number of carbonyl (C=O) groups is 1. The summed E-state index contributed by atoms with van der Waals surface area (Å²) in [6, 6.07) is 25.0. The Hall–Kier alpha value is -3.45. The highest BCUT2D eigenvalue weighted by Crippen LogP contribution is 2.59. The van der Waals surface area contributed by atoms with Gasteiger partial charge in [0.25, 0.3) is 0 Å². The molecule has 0 N–H and O–H groups in total. The summed E-state index contributed by atoms with van der Waals surface area (Å²) >= 11 is 0. The number of ether oxygens (including phenoxy) is 6. The van der Waals surface area contributed by atoms with Gasteiger partial charge in [-0.05, 0) is 58.6 Å². The van der Waals surface area contributed by atoms with E-state index in [0.717, 1.165) is 53.2 Å². The predicted octanol–water partition coefficient (Wildman–Crippen LogP) is 7.15. The Bertz CT molecular complexity index is 1650. The van der Waals surface area contributed by atoms with Crippen LogP contribution in [-0.2, 0) is 47.9 Å². The average Bonchev–Trinajstić information content (AvgIpc) is 3.20. The molecule has 2 heterocycles. The maximum absolute atomic E-state index is 14.7. The summed E-state index contributed by atoms with van der Waals surface area (Å²) < 4.78 is 43.1. The topological polar surface area (TPSA) is 88.2 Å². The molecule has 11 heteroatoms. The summed E-state index contributed by atoms with van der Waals surface area (Å²) in [7, 11) is 3.90. The molecule has 308 valence electrons. The van der Waals surface area contributed by atoms with E-state index in [2.05, 4.69) is 88.9 Å². The second-order valence-corrected chi connectivity index (χ2v) is 16.5. The molecule has 3 atom stereocenters. The van der Waals surface area contributed by atoms with Gasteiger partial charge in [-0.2, -0.15) is 0 Å². The van der Waals surface area contributed by atoms with Crippen molar-refractivity contribution in [3.05, 3.63) is 95.1 Å². The van der Waals surface area contributed by atoms with Gasteiger partial charge >= 0.3 is 6.09 Å². The van der Waals surface area contributed by atoms with Gasteiger partial charge in [0.2, 0.25) is 0 Å². The Labute approximate surface area is 338 Å². The first-order valence-electron chi connectivity index (χ1n) is 20.3. The first kappa shape index (κ1) is 43.7. The van der Waals surface area contributed by atoms with Gasteiger partial charge in [-0.1, -0.05) is 102 Å². The Kier molecular flexibility index (Phi) is 15.8. The minimum Gasteiger partial charge on any atom is -0.490 e. The molecule has 0 unspecified atom stereocenters. The van der Waals surface area contributed by atoms with Crippen LogP contribution in [0.15, 0.2) is 72.8 Å². The van der Waals surface area contributed by atoms with Gasteiger partial charge in [-0.3, -0.25) is 4.90 Å². The smallest absolute Gasteiger partial charge is 0.410 e. The summed E-state index contributed by atoms with van der Waals surface area (Å²) in [4.78, 5) is 19.1. The molecule has 0 aromatic heterocycles. The van der Waals surface area contributed by atoms with Gasteiger partial charge in [0, 0.05) is 33.3 Å². The van der Waals surface area contributed by atoms with Crippen molar-refractivity contribution in [3.8, 4) is 5.75 Å². The number of amides is 1. The number of piperidine rings is 1. The molecule has 5 rings (SSSR count). The Morgan fingerprint density at radius 1 is 0.821 bits per heavy atom. The minimum atomic E-state index is -0.921. The number of nitrogens with zero attached hydrogens (tertiary/aromatic N) is 2. The number of likely N-dealkylation sites (tertiary alicyclic amines) is 1. The van der Waals surface area contributed by atoms with Crippen LogP contribution in [0.3, 0.4) is 0 Å². The Morgan fingerprint density at radius 3 is 2.14 bits per heavy atom. The third-order valence-electron chi connectivity index (χ3n) is 11.9. The van der Waals surface area contributed by atoms with E-state index in [9.17, 15) is 4.79 Å². The lowest BCUT2D eigenvalue weighted by molar-refractivity contribution is -0.257. The number of fused-ring (bicyclic) bond motifs is 1. The number of rotatable bonds is 19. The summed E-state index contributed by atoms with van der Waals surface area (Å²) in [5, 5.41) is 0. The van der Waals surface area contributed by atoms with Gasteiger partial charge in [0.05, 0.1) is 56.8 Å². The summed E-state index contributed by atoms with van der Waals surface area (Å²) in [6.45, 7) is 18.9. The minimum absolute atomic E-state index is 0.0200. The van der Waals surface area contributed by atoms with Crippen LogP contribution in [0.1, 0.15) is 76.1 Å². The molecule has 56 heavy (non-hydrogen) atoms. The average molecular weight is 791 g/mol. The van der Waals surface area contributed by atoms with Gasteiger partial charge in [0.1, 0.15) is 35.1 Å². The zero-order valence-corrected chi connectivity index (χ0v) is 37.3. The fourth-order valence-electron chi connectivity index (χ4n) is 9.65. The number of anilines is 1. The summed E-state index contributed by atoms with van der Waals surface area (Å²) in [5.41, 5.74) is 3.53. The van der Waals surface area contributed by atoms with E-state index in [4.69, 9.17) is 32.8 Å². The lowest BCUT2D eigenvalue weighted by atomic mass is 9.52. The fraction of sp³-hybridized carbons (Fsp3) is 0.578. The second kappa shape index (κ2) is 20.3. The van der Waals surface area contributed by atoms with E-state index in [-0.39, 0.29) is 42.5 Å². The number of carbonyl (C=O) groups excluding carboxylic acids is 1. The molecule has 1 fully saturated rings. The molecule has 0 aliphatic carbocycles. The van der Waals surface area contributed by atoms with Crippen molar-refractivity contribution in [1.29, 1.82) is 0 Å². The van der Waals surface area contributed by atoms with E-state index < -0.39 is 11.1 Å². The molecule has 1 saturated heterocycles. The highest BCUT2D eigenvalue weighted by molar-refractivity contribution is 5.98. The molecule has 0 bridgehead atoms. The zero-order chi connectivity index (χ0) is 40.3. The van der Waals surface area contributed by atoms with Crippen LogP contribution in [0, 0.1) is 17.8 Å². The summed E-state index contributed by atoms with van der Waals surface area (Å²) in [5.74, 6) is 0.581. The van der Waals surface area contributed by atoms with Crippen LogP contribution in [0.4, 0.5) is 10.5 Å². The molecule has 0 saturated carbocycles. The molecule has 2 aliphatic heterocycles. The van der Waals surface area contributed by atoms with Crippen LogP contribution < -0.4 is 9.64 Å².